The second kappa shape index (κ2) is 6.49. The predicted octanol–water partition coefficient (Wildman–Crippen LogP) is 1.87. The molecule has 2 rings (SSSR count). The van der Waals surface area contributed by atoms with E-state index in [0.29, 0.717) is 17.9 Å². The first kappa shape index (κ1) is 15.2. The van der Waals surface area contributed by atoms with Gasteiger partial charge in [-0.15, -0.1) is 0 Å². The Labute approximate surface area is 119 Å². The van der Waals surface area contributed by atoms with Crippen molar-refractivity contribution in [1.82, 2.24) is 14.9 Å². The van der Waals surface area contributed by atoms with Crippen molar-refractivity contribution >= 4 is 17.4 Å². The van der Waals surface area contributed by atoms with Gasteiger partial charge in [0.2, 0.25) is 0 Å². The first-order valence-electron chi connectivity index (χ1n) is 6.59. The van der Waals surface area contributed by atoms with Crippen LogP contribution < -0.4 is 10.8 Å². The van der Waals surface area contributed by atoms with Crippen molar-refractivity contribution in [2.75, 3.05) is 11.9 Å². The summed E-state index contributed by atoms with van der Waals surface area (Å²) in [5.74, 6) is -1.83. The van der Waals surface area contributed by atoms with Crippen LogP contribution in [0.5, 0.6) is 0 Å². The summed E-state index contributed by atoms with van der Waals surface area (Å²) < 4.78 is 28.4. The van der Waals surface area contributed by atoms with E-state index in [1.54, 1.807) is 0 Å². The minimum atomic E-state index is -0.771. The molecule has 0 aromatic carbocycles. The molecule has 3 N–H and O–H groups in total. The van der Waals surface area contributed by atoms with Gasteiger partial charge in [-0.05, 0) is 12.8 Å². The first-order chi connectivity index (χ1) is 10.1. The fourth-order valence-electron chi connectivity index (χ4n) is 2.03. The van der Waals surface area contributed by atoms with Crippen molar-refractivity contribution in [2.45, 2.75) is 26.2 Å². The van der Waals surface area contributed by atoms with Gasteiger partial charge in [0.25, 0.3) is 5.91 Å². The molecule has 0 spiro atoms. The highest BCUT2D eigenvalue weighted by molar-refractivity contribution is 5.79. The number of halogens is 2. The number of nitrogens with one attached hydrogen (secondary N) is 2. The van der Waals surface area contributed by atoms with E-state index in [1.807, 2.05) is 6.92 Å². The van der Waals surface area contributed by atoms with Crippen molar-refractivity contribution < 1.29 is 18.8 Å². The Bertz CT molecular complexity index is 657. The fraction of sp³-hybridized carbons (Fsp3) is 0.385. The number of anilines is 1. The number of aryl methyl sites for hydroxylation is 1. The summed E-state index contributed by atoms with van der Waals surface area (Å²) in [5.41, 5.74) is 2.02. The number of hydrogen-bond donors (Lipinski definition) is 3. The molecule has 0 atom stereocenters. The molecule has 1 amide bonds. The second-order valence-corrected chi connectivity index (χ2v) is 4.60. The van der Waals surface area contributed by atoms with Gasteiger partial charge in [-0.1, -0.05) is 13.3 Å². The van der Waals surface area contributed by atoms with Gasteiger partial charge < -0.3 is 5.32 Å². The van der Waals surface area contributed by atoms with Crippen LogP contribution in [-0.2, 0) is 11.2 Å². The average Bonchev–Trinajstić information content (AvgIpc) is 2.80. The molecule has 21 heavy (non-hydrogen) atoms. The largest absolute Gasteiger partial charge is 0.360 e. The minimum Gasteiger partial charge on any atom is -0.360 e. The zero-order valence-electron chi connectivity index (χ0n) is 11.5. The number of unbranched alkanes of at least 4 members (excludes halogenated alkanes) is 1. The first-order valence-corrected chi connectivity index (χ1v) is 6.59. The molecule has 0 radical (unpaired) electrons. The highest BCUT2D eigenvalue weighted by Crippen LogP contribution is 2.22. The van der Waals surface area contributed by atoms with E-state index in [1.165, 1.54) is 9.88 Å². The van der Waals surface area contributed by atoms with Crippen LogP contribution in [0.2, 0.25) is 0 Å². The molecule has 0 bridgehead atoms. The molecular weight excluding hydrogens is 282 g/mol. The van der Waals surface area contributed by atoms with Crippen LogP contribution in [-0.4, -0.2) is 27.0 Å². The number of fused-ring (bicyclic) bond motifs is 1. The third-order valence-corrected chi connectivity index (χ3v) is 3.02. The van der Waals surface area contributed by atoms with Crippen molar-refractivity contribution in [2.24, 2.45) is 0 Å². The van der Waals surface area contributed by atoms with Crippen LogP contribution in [0.3, 0.4) is 0 Å². The van der Waals surface area contributed by atoms with E-state index in [0.717, 1.165) is 25.1 Å². The van der Waals surface area contributed by atoms with Crippen molar-refractivity contribution in [3.63, 3.8) is 0 Å². The maximum atomic E-state index is 13.8. The maximum absolute atomic E-state index is 13.8. The number of rotatable bonds is 6. The van der Waals surface area contributed by atoms with Crippen molar-refractivity contribution in [3.8, 4) is 0 Å². The number of nitrogens with zero attached hydrogens (tertiary/aromatic N) is 2. The van der Waals surface area contributed by atoms with Gasteiger partial charge in [0.15, 0.2) is 11.5 Å². The minimum absolute atomic E-state index is 0.00518. The van der Waals surface area contributed by atoms with Crippen LogP contribution in [0.25, 0.3) is 5.65 Å². The molecule has 0 saturated carbocycles. The Balaban J connectivity index is 2.43. The molecular formula is C13H16F2N4O2. The molecule has 2 aromatic rings. The Morgan fingerprint density at radius 2 is 2.24 bits per heavy atom. The number of hydroxylamine groups is 1. The smallest absolute Gasteiger partial charge is 0.262 e. The van der Waals surface area contributed by atoms with Gasteiger partial charge in [-0.25, -0.2) is 19.2 Å². The van der Waals surface area contributed by atoms with E-state index in [-0.39, 0.29) is 12.2 Å². The number of imidazole rings is 1. The summed E-state index contributed by atoms with van der Waals surface area (Å²) in [6.07, 6.45) is 3.42. The van der Waals surface area contributed by atoms with E-state index in [2.05, 4.69) is 10.3 Å². The van der Waals surface area contributed by atoms with Crippen LogP contribution in [0.1, 0.15) is 25.5 Å². The zero-order chi connectivity index (χ0) is 15.4. The van der Waals surface area contributed by atoms with Crippen molar-refractivity contribution in [3.05, 3.63) is 29.6 Å². The fourth-order valence-corrected chi connectivity index (χ4v) is 2.03. The quantitative estimate of drug-likeness (QED) is 0.562. The topological polar surface area (TPSA) is 78.7 Å². The Kier molecular flexibility index (Phi) is 4.69. The third-order valence-electron chi connectivity index (χ3n) is 3.02. The summed E-state index contributed by atoms with van der Waals surface area (Å²) in [5, 5.41) is 11.2. The van der Waals surface area contributed by atoms with Gasteiger partial charge in [0.05, 0.1) is 12.2 Å². The molecule has 0 aliphatic carbocycles. The summed E-state index contributed by atoms with van der Waals surface area (Å²) >= 11 is 0. The lowest BCUT2D eigenvalue weighted by atomic mass is 10.2. The molecule has 2 heterocycles. The average molecular weight is 298 g/mol. The van der Waals surface area contributed by atoms with Gasteiger partial charge >= 0.3 is 0 Å². The standard InChI is InChI=1S/C13H16F2N4O2/c1-2-3-4-10-13(16-6-11(20)18-21)19-7-8(14)5-9(15)12(19)17-10/h5,7,16,21H,2-4,6H2,1H3,(H,18,20). The normalized spacial score (nSPS) is 10.9. The highest BCUT2D eigenvalue weighted by atomic mass is 19.1. The lowest BCUT2D eigenvalue weighted by Gasteiger charge is -2.07. The molecule has 0 saturated heterocycles. The molecule has 114 valence electrons. The summed E-state index contributed by atoms with van der Waals surface area (Å²) in [7, 11) is 0. The van der Waals surface area contributed by atoms with Crippen LogP contribution in [0, 0.1) is 11.6 Å². The van der Waals surface area contributed by atoms with Crippen molar-refractivity contribution in [1.29, 1.82) is 0 Å². The van der Waals surface area contributed by atoms with Crippen LogP contribution in [0.15, 0.2) is 12.3 Å². The Morgan fingerprint density at radius 1 is 1.48 bits per heavy atom. The number of amides is 1. The van der Waals surface area contributed by atoms with E-state index in [9.17, 15) is 13.6 Å². The molecule has 8 heteroatoms. The van der Waals surface area contributed by atoms with E-state index in [4.69, 9.17) is 5.21 Å². The zero-order valence-corrected chi connectivity index (χ0v) is 11.5. The molecule has 0 fully saturated rings. The number of carbonyl (C=O) groups excluding carboxylic acids is 1. The highest BCUT2D eigenvalue weighted by Gasteiger charge is 2.16. The lowest BCUT2D eigenvalue weighted by Crippen LogP contribution is -2.27. The summed E-state index contributed by atoms with van der Waals surface area (Å²) in [4.78, 5) is 15.3. The molecule has 0 unspecified atom stereocenters. The van der Waals surface area contributed by atoms with Gasteiger partial charge in [0, 0.05) is 12.3 Å². The lowest BCUT2D eigenvalue weighted by molar-refractivity contribution is -0.127. The number of pyridine rings is 1. The third kappa shape index (κ3) is 3.27. The number of carbonyl (C=O) groups is 1. The second-order valence-electron chi connectivity index (χ2n) is 4.60. The summed E-state index contributed by atoms with van der Waals surface area (Å²) in [6.45, 7) is 1.77. The van der Waals surface area contributed by atoms with Crippen LogP contribution in [0.4, 0.5) is 14.6 Å². The Hall–Kier alpha value is -2.22. The number of hydrogen-bond acceptors (Lipinski definition) is 4. The maximum Gasteiger partial charge on any atom is 0.262 e. The van der Waals surface area contributed by atoms with Gasteiger partial charge in [0.1, 0.15) is 11.6 Å². The Morgan fingerprint density at radius 3 is 2.90 bits per heavy atom. The van der Waals surface area contributed by atoms with E-state index >= 15 is 0 Å². The molecule has 2 aromatic heterocycles. The SMILES string of the molecule is CCCCc1nc2c(F)cc(F)cn2c1NCC(=O)NO. The molecule has 6 nitrogen and oxygen atoms in total. The van der Waals surface area contributed by atoms with Gasteiger partial charge in [-0.2, -0.15) is 0 Å². The van der Waals surface area contributed by atoms with Crippen LogP contribution >= 0.6 is 0 Å². The van der Waals surface area contributed by atoms with Gasteiger partial charge in [-0.3, -0.25) is 14.4 Å². The number of aromatic nitrogens is 2. The predicted molar refractivity (Wildman–Crippen MR) is 72.1 cm³/mol. The monoisotopic (exact) mass is 298 g/mol. The summed E-state index contributed by atoms with van der Waals surface area (Å²) in [6, 6.07) is 0.760. The molecule has 0 aliphatic heterocycles. The molecule has 0 aliphatic rings. The van der Waals surface area contributed by atoms with E-state index < -0.39 is 17.5 Å².